The Hall–Kier alpha value is -4.52. The Bertz CT molecular complexity index is 1220. The molecule has 0 fully saturated rings. The van der Waals surface area contributed by atoms with E-state index >= 15 is 0 Å². The minimum absolute atomic E-state index is 0.299. The Morgan fingerprint density at radius 1 is 0.571 bits per heavy atom. The van der Waals surface area contributed by atoms with E-state index in [9.17, 15) is 47.9 Å². The average Bonchev–Trinajstić information content (AvgIpc) is 3.02. The van der Waals surface area contributed by atoms with Gasteiger partial charge < -0.3 is 58.7 Å². The van der Waals surface area contributed by atoms with Gasteiger partial charge in [0, 0.05) is 30.8 Å². The van der Waals surface area contributed by atoms with Crippen LogP contribution < -0.4 is 33.2 Å². The van der Waals surface area contributed by atoms with Crippen molar-refractivity contribution in [2.45, 2.75) is 68.7 Å². The number of carboxylic acid groups (broad SMARTS) is 5. The molecule has 49 heavy (non-hydrogen) atoms. The Balaban J connectivity index is 6.12. The smallest absolute Gasteiger partial charge is 0.322 e. The van der Waals surface area contributed by atoms with E-state index in [0.29, 0.717) is 4.90 Å². The quantitative estimate of drug-likeness (QED) is 0.0310. The van der Waals surface area contributed by atoms with Crippen LogP contribution in [0.3, 0.4) is 0 Å². The molecule has 0 saturated carbocycles. The number of amides is 5. The van der Waals surface area contributed by atoms with Crippen molar-refractivity contribution in [3.05, 3.63) is 0 Å². The zero-order chi connectivity index (χ0) is 37.8. The fourth-order valence-corrected chi connectivity index (χ4v) is 5.82. The molecule has 22 nitrogen and oxygen atoms in total. The normalized spacial score (nSPS) is 13.8. The average molecular weight is 742 g/mol. The van der Waals surface area contributed by atoms with E-state index in [-0.39, 0.29) is 12.2 Å². The van der Waals surface area contributed by atoms with E-state index in [1.54, 1.807) is 0 Å². The minimum Gasteiger partial charge on any atom is -0.480 e. The number of nitrogens with two attached hydrogens (primary N) is 3. The number of carbonyl (C=O) groups excluding carboxylic acids is 5. The number of rotatable bonds is 25. The molecule has 0 aromatic heterocycles. The largest absolute Gasteiger partial charge is 0.480 e. The molecule has 5 atom stereocenters. The number of hydrogen-bond donors (Lipinski definition) is 11. The lowest BCUT2D eigenvalue weighted by Crippen LogP contribution is -2.54. The topological polar surface area (TPSA) is 389 Å². The zero-order valence-corrected chi connectivity index (χ0v) is 27.4. The highest BCUT2D eigenvalue weighted by Gasteiger charge is 2.36. The third kappa shape index (κ3) is 18.6. The van der Waals surface area contributed by atoms with Crippen LogP contribution in [0.15, 0.2) is 0 Å². The highest BCUT2D eigenvalue weighted by Crippen LogP contribution is 2.26. The van der Waals surface area contributed by atoms with Crippen LogP contribution in [0.4, 0.5) is 0 Å². The van der Waals surface area contributed by atoms with E-state index in [4.69, 9.17) is 42.7 Å². The van der Waals surface area contributed by atoms with Crippen LogP contribution in [0, 0.1) is 0 Å². The first-order valence-electron chi connectivity index (χ1n) is 14.1. The molecule has 0 rings (SSSR count). The van der Waals surface area contributed by atoms with Gasteiger partial charge in [0.1, 0.15) is 43.3 Å². The molecule has 0 unspecified atom stereocenters. The molecule has 0 heterocycles. The fraction of sp³-hybridized carbons (Fsp3) is 0.600. The molecule has 0 aliphatic rings. The van der Waals surface area contributed by atoms with Gasteiger partial charge in [0.05, 0.1) is 0 Å². The van der Waals surface area contributed by atoms with E-state index in [1.807, 2.05) is 5.32 Å². The van der Waals surface area contributed by atoms with Gasteiger partial charge in [-0.15, -0.1) is 0 Å². The van der Waals surface area contributed by atoms with Gasteiger partial charge >= 0.3 is 29.8 Å². The zero-order valence-electron chi connectivity index (χ0n) is 25.8. The van der Waals surface area contributed by atoms with Gasteiger partial charge in [0.2, 0.25) is 29.5 Å². The van der Waals surface area contributed by atoms with Gasteiger partial charge in [0.15, 0.2) is 0 Å². The van der Waals surface area contributed by atoms with Crippen LogP contribution in [-0.4, -0.2) is 145 Å². The molecule has 24 heteroatoms. The molecule has 0 aromatic rings. The lowest BCUT2D eigenvalue weighted by molar-refractivity contribution is -0.152. The molecule has 0 aliphatic heterocycles. The summed E-state index contributed by atoms with van der Waals surface area (Å²) in [6.45, 7) is -1.77. The van der Waals surface area contributed by atoms with Crippen molar-refractivity contribution in [3.8, 4) is 0 Å². The van der Waals surface area contributed by atoms with Crippen LogP contribution in [0.2, 0.25) is 0 Å². The monoisotopic (exact) mass is 741 g/mol. The molecule has 276 valence electrons. The summed E-state index contributed by atoms with van der Waals surface area (Å²) in [7, 11) is 1.53. The highest BCUT2D eigenvalue weighted by atomic mass is 33.1. The number of nitrogens with one attached hydrogen (secondary N) is 3. The lowest BCUT2D eigenvalue weighted by Gasteiger charge is -2.29. The predicted octanol–water partition coefficient (Wildman–Crippen LogP) is -4.45. The molecule has 0 bridgehead atoms. The van der Waals surface area contributed by atoms with Gasteiger partial charge in [0.25, 0.3) is 0 Å². The van der Waals surface area contributed by atoms with E-state index in [0.717, 1.165) is 21.6 Å². The summed E-state index contributed by atoms with van der Waals surface area (Å²) in [5.41, 5.74) is 16.3. The van der Waals surface area contributed by atoms with Gasteiger partial charge in [-0.25, -0.2) is 0 Å². The van der Waals surface area contributed by atoms with Crippen LogP contribution in [0.1, 0.15) is 38.5 Å². The van der Waals surface area contributed by atoms with E-state index in [1.165, 1.54) is 0 Å². The summed E-state index contributed by atoms with van der Waals surface area (Å²) in [6.07, 6.45) is -3.03. The second kappa shape index (κ2) is 22.9. The van der Waals surface area contributed by atoms with E-state index < -0.39 is 141 Å². The maximum Gasteiger partial charge on any atom is 0.322 e. The predicted molar refractivity (Wildman–Crippen MR) is 168 cm³/mol. The lowest BCUT2D eigenvalue weighted by atomic mass is 10.1. The summed E-state index contributed by atoms with van der Waals surface area (Å²) in [6, 6.07) is -7.65. The maximum atomic E-state index is 13.2. The minimum atomic E-state index is -1.77. The number of nitrogens with zero attached hydrogens (tertiary/aromatic N) is 1. The summed E-state index contributed by atoms with van der Waals surface area (Å²) in [4.78, 5) is 120. The van der Waals surface area contributed by atoms with Crippen LogP contribution in [0.5, 0.6) is 0 Å². The first-order chi connectivity index (χ1) is 22.8. The molecule has 0 radical (unpaired) electrons. The number of hydrogen-bond acceptors (Lipinski definition) is 15. The van der Waals surface area contributed by atoms with Crippen molar-refractivity contribution >= 4 is 81.0 Å². The first-order valence-corrected chi connectivity index (χ1v) is 16.6. The third-order valence-electron chi connectivity index (χ3n) is 6.15. The van der Waals surface area contributed by atoms with Crippen molar-refractivity contribution in [3.63, 3.8) is 0 Å². The summed E-state index contributed by atoms with van der Waals surface area (Å²) >= 11 is 0. The molecule has 5 amide bonds. The van der Waals surface area contributed by atoms with Crippen molar-refractivity contribution in [2.75, 3.05) is 24.6 Å². The Kier molecular flexibility index (Phi) is 20.8. The standard InChI is InChI=1S/C25H39N7O15S2/c26-11(23(42)43)1-4-16(33)31-14(21(40)29-7-19(36)37)9-48-49-10-15(22(41)30-8-20(38)39)32(17(34)5-2-12(27)24(44)45)18(35)6-3-13(28)25(46)47/h11-15H,1-10,26-28H2,(H,29,40)(H,30,41)(H,31,33)(H,36,37)(H,38,39)(H,42,43)(H,44,45)(H,46,47)/t11-,12-,13-,14-,15-/m0/s1. The second-order valence-electron chi connectivity index (χ2n) is 10.0. The molecule has 0 aliphatic carbocycles. The number of carbonyl (C=O) groups is 10. The van der Waals surface area contributed by atoms with Gasteiger partial charge in [-0.1, -0.05) is 21.6 Å². The van der Waals surface area contributed by atoms with Gasteiger partial charge in [-0.05, 0) is 19.3 Å². The van der Waals surface area contributed by atoms with Gasteiger partial charge in [-0.3, -0.25) is 52.8 Å². The summed E-state index contributed by atoms with van der Waals surface area (Å²) in [5.74, 6) is -13.2. The summed E-state index contributed by atoms with van der Waals surface area (Å²) < 4.78 is 0. The second-order valence-corrected chi connectivity index (χ2v) is 12.6. The van der Waals surface area contributed by atoms with Crippen LogP contribution in [0.25, 0.3) is 0 Å². The molecule has 0 saturated heterocycles. The molecule has 0 spiro atoms. The Morgan fingerprint density at radius 2 is 0.959 bits per heavy atom. The van der Waals surface area contributed by atoms with E-state index in [2.05, 4.69) is 10.6 Å². The van der Waals surface area contributed by atoms with Crippen molar-refractivity contribution in [1.29, 1.82) is 0 Å². The van der Waals surface area contributed by atoms with Crippen molar-refractivity contribution in [2.24, 2.45) is 17.2 Å². The van der Waals surface area contributed by atoms with Crippen molar-refractivity contribution < 1.29 is 73.5 Å². The van der Waals surface area contributed by atoms with Gasteiger partial charge in [-0.2, -0.15) is 0 Å². The van der Waals surface area contributed by atoms with Crippen LogP contribution in [-0.2, 0) is 47.9 Å². The molecule has 14 N–H and O–H groups in total. The molecular weight excluding hydrogens is 702 g/mol. The fourth-order valence-electron chi connectivity index (χ4n) is 3.45. The number of imide groups is 1. The third-order valence-corrected chi connectivity index (χ3v) is 8.55. The highest BCUT2D eigenvalue weighted by molar-refractivity contribution is 8.76. The molecule has 0 aromatic carbocycles. The maximum absolute atomic E-state index is 13.2. The first kappa shape index (κ1) is 44.5. The summed E-state index contributed by atoms with van der Waals surface area (Å²) in [5, 5.41) is 51.3. The SMILES string of the molecule is N[C@@H](CCC(=O)N[C@@H](CSSC[C@@H](C(=O)NCC(=O)O)N(C(=O)CC[C@H](N)C(=O)O)C(=O)CC[C@H](N)C(=O)O)C(=O)NCC(=O)O)C(=O)O. The molecular formula is C25H39N7O15S2. The number of aliphatic carboxylic acids is 5. The van der Waals surface area contributed by atoms with Crippen molar-refractivity contribution in [1.82, 2.24) is 20.9 Å². The number of carboxylic acids is 5. The Labute approximate surface area is 285 Å². The Morgan fingerprint density at radius 3 is 1.37 bits per heavy atom. The van der Waals surface area contributed by atoms with Crippen LogP contribution >= 0.6 is 21.6 Å².